The molecule has 4 aromatic rings. The van der Waals surface area contributed by atoms with E-state index in [1.165, 1.54) is 29.2 Å². The molecule has 2 unspecified atom stereocenters. The van der Waals surface area contributed by atoms with Crippen LogP contribution in [0, 0.1) is 0 Å². The van der Waals surface area contributed by atoms with E-state index in [0.29, 0.717) is 27.5 Å². The molecule has 1 aliphatic heterocycles. The number of benzene rings is 1. The van der Waals surface area contributed by atoms with Crippen LogP contribution in [0.1, 0.15) is 6.92 Å². The molecule has 1 saturated heterocycles. The summed E-state index contributed by atoms with van der Waals surface area (Å²) in [6.07, 6.45) is 1.54. The number of carbonyl (C=O) groups excluding carboxylic acids is 2. The molecule has 12 heteroatoms. The normalized spacial score (nSPS) is 19.4. The summed E-state index contributed by atoms with van der Waals surface area (Å²) in [5.41, 5.74) is 6.19. The first-order valence-corrected chi connectivity index (χ1v) is 11.2. The van der Waals surface area contributed by atoms with Crippen LogP contribution < -0.4 is 16.0 Å². The predicted octanol–water partition coefficient (Wildman–Crippen LogP) is 2.05. The van der Waals surface area contributed by atoms with Gasteiger partial charge in [-0.1, -0.05) is 5.16 Å². The summed E-state index contributed by atoms with van der Waals surface area (Å²) in [6.45, 7) is 1.76. The molecule has 174 valence electrons. The van der Waals surface area contributed by atoms with Gasteiger partial charge in [0.05, 0.1) is 24.2 Å². The summed E-state index contributed by atoms with van der Waals surface area (Å²) in [7, 11) is 0. The molecule has 11 nitrogen and oxygen atoms in total. The highest BCUT2D eigenvalue weighted by Gasteiger charge is 2.51. The molecule has 1 fully saturated rings. The number of ether oxygens (including phenoxy) is 1. The first-order valence-electron chi connectivity index (χ1n) is 10.3. The standard InChI is InChI=1S/C22H20N6O5S/c1-22(17(29)19(30)25-13-2-3-14-16(10-13)33-27-18(14)23)20(31)28(8-9-32-22)21-26-15(11-34-21)12-4-6-24-7-5-12/h2-7,10-11,17,29H,8-9H2,1H3,(H2,23,27)(H,25,30). The second kappa shape index (κ2) is 8.48. The quantitative estimate of drug-likeness (QED) is 0.389. The molecule has 0 aliphatic carbocycles. The lowest BCUT2D eigenvalue weighted by Gasteiger charge is -2.40. The Hall–Kier alpha value is -3.87. The molecular weight excluding hydrogens is 460 g/mol. The third-order valence-corrected chi connectivity index (χ3v) is 6.49. The molecule has 1 aliphatic rings. The van der Waals surface area contributed by atoms with Gasteiger partial charge >= 0.3 is 0 Å². The van der Waals surface area contributed by atoms with E-state index in [1.54, 1.807) is 24.5 Å². The van der Waals surface area contributed by atoms with Crippen molar-refractivity contribution in [1.29, 1.82) is 0 Å². The maximum Gasteiger partial charge on any atom is 0.264 e. The number of thiazole rings is 1. The van der Waals surface area contributed by atoms with Gasteiger partial charge in [0.1, 0.15) is 0 Å². The van der Waals surface area contributed by atoms with Crippen LogP contribution in [-0.4, -0.2) is 56.9 Å². The number of hydrogen-bond acceptors (Lipinski definition) is 10. The summed E-state index contributed by atoms with van der Waals surface area (Å²) in [5, 5.41) is 20.0. The zero-order valence-electron chi connectivity index (χ0n) is 18.0. The monoisotopic (exact) mass is 480 g/mol. The number of nitrogen functional groups attached to an aromatic ring is 1. The van der Waals surface area contributed by atoms with E-state index in [9.17, 15) is 14.7 Å². The van der Waals surface area contributed by atoms with Gasteiger partial charge in [0.25, 0.3) is 11.8 Å². The SMILES string of the molecule is CC1(C(O)C(=O)Nc2ccc3c(N)noc3c2)OCCN(c2nc(-c3ccncc3)cs2)C1=O. The third kappa shape index (κ3) is 3.77. The number of pyridine rings is 1. The number of anilines is 3. The van der Waals surface area contributed by atoms with Gasteiger partial charge in [-0.05, 0) is 31.2 Å². The summed E-state index contributed by atoms with van der Waals surface area (Å²) in [5.74, 6) is -1.13. The number of morpholine rings is 1. The van der Waals surface area contributed by atoms with Gasteiger partial charge in [0.15, 0.2) is 28.2 Å². The fourth-order valence-electron chi connectivity index (χ4n) is 3.70. The number of nitrogens with zero attached hydrogens (tertiary/aromatic N) is 4. The average Bonchev–Trinajstić information content (AvgIpc) is 3.48. The van der Waals surface area contributed by atoms with Crippen molar-refractivity contribution in [1.82, 2.24) is 15.1 Å². The number of fused-ring (bicyclic) bond motifs is 1. The van der Waals surface area contributed by atoms with E-state index < -0.39 is 23.5 Å². The largest absolute Gasteiger partial charge is 0.380 e. The molecule has 2 atom stereocenters. The van der Waals surface area contributed by atoms with Crippen LogP contribution in [-0.2, 0) is 14.3 Å². The van der Waals surface area contributed by atoms with Crippen molar-refractivity contribution in [3.8, 4) is 11.3 Å². The van der Waals surface area contributed by atoms with Gasteiger partial charge < -0.3 is 25.4 Å². The van der Waals surface area contributed by atoms with E-state index in [2.05, 4.69) is 20.4 Å². The van der Waals surface area contributed by atoms with Crippen LogP contribution in [0.25, 0.3) is 22.2 Å². The van der Waals surface area contributed by atoms with Gasteiger partial charge in [-0.2, -0.15) is 0 Å². The molecular formula is C22H20N6O5S. The predicted molar refractivity (Wildman–Crippen MR) is 125 cm³/mol. The summed E-state index contributed by atoms with van der Waals surface area (Å²) < 4.78 is 10.7. The van der Waals surface area contributed by atoms with E-state index in [0.717, 1.165) is 5.56 Å². The highest BCUT2D eigenvalue weighted by molar-refractivity contribution is 7.14. The van der Waals surface area contributed by atoms with Crippen molar-refractivity contribution < 1.29 is 24.0 Å². The van der Waals surface area contributed by atoms with Gasteiger partial charge in [-0.15, -0.1) is 11.3 Å². The zero-order valence-corrected chi connectivity index (χ0v) is 18.8. The van der Waals surface area contributed by atoms with Crippen LogP contribution in [0.15, 0.2) is 52.6 Å². The van der Waals surface area contributed by atoms with Crippen molar-refractivity contribution in [2.24, 2.45) is 0 Å². The van der Waals surface area contributed by atoms with E-state index in [4.69, 9.17) is 15.0 Å². The van der Waals surface area contributed by atoms with Crippen molar-refractivity contribution in [3.05, 3.63) is 48.1 Å². The second-order valence-electron chi connectivity index (χ2n) is 7.83. The number of aliphatic hydroxyl groups excluding tert-OH is 1. The smallest absolute Gasteiger partial charge is 0.264 e. The molecule has 2 amide bonds. The highest BCUT2D eigenvalue weighted by atomic mass is 32.1. The molecule has 0 spiro atoms. The lowest BCUT2D eigenvalue weighted by Crippen LogP contribution is -2.63. The number of rotatable bonds is 5. The lowest BCUT2D eigenvalue weighted by molar-refractivity contribution is -0.170. The molecule has 4 heterocycles. The van der Waals surface area contributed by atoms with Crippen molar-refractivity contribution in [3.63, 3.8) is 0 Å². The molecule has 0 saturated carbocycles. The van der Waals surface area contributed by atoms with E-state index >= 15 is 0 Å². The Kier molecular flexibility index (Phi) is 5.48. The first kappa shape index (κ1) is 21.9. The number of nitrogens with one attached hydrogen (secondary N) is 1. The summed E-state index contributed by atoms with van der Waals surface area (Å²) >= 11 is 1.29. The van der Waals surface area contributed by atoms with Crippen LogP contribution >= 0.6 is 11.3 Å². The Morgan fingerprint density at radius 1 is 1.32 bits per heavy atom. The van der Waals surface area contributed by atoms with Gasteiger partial charge in [0.2, 0.25) is 0 Å². The van der Waals surface area contributed by atoms with Crippen LogP contribution in [0.4, 0.5) is 16.6 Å². The van der Waals surface area contributed by atoms with Gasteiger partial charge in [0, 0.05) is 35.1 Å². The number of amides is 2. The van der Waals surface area contributed by atoms with Gasteiger partial charge in [-0.25, -0.2) is 4.98 Å². The molecule has 0 bridgehead atoms. The van der Waals surface area contributed by atoms with Crippen molar-refractivity contribution in [2.75, 3.05) is 29.1 Å². The molecule has 34 heavy (non-hydrogen) atoms. The number of carbonyl (C=O) groups is 2. The summed E-state index contributed by atoms with van der Waals surface area (Å²) in [4.78, 5) is 36.2. The Morgan fingerprint density at radius 3 is 2.91 bits per heavy atom. The van der Waals surface area contributed by atoms with Crippen molar-refractivity contribution in [2.45, 2.75) is 18.6 Å². The minimum atomic E-state index is -1.80. The average molecular weight is 481 g/mol. The topological polar surface area (TPSA) is 157 Å². The Bertz CT molecular complexity index is 1370. The molecule has 4 N–H and O–H groups in total. The fraction of sp³-hybridized carbons (Fsp3) is 0.227. The third-order valence-electron chi connectivity index (χ3n) is 5.62. The molecule has 0 radical (unpaired) electrons. The number of aliphatic hydroxyl groups is 1. The lowest BCUT2D eigenvalue weighted by atomic mass is 9.94. The van der Waals surface area contributed by atoms with E-state index in [1.807, 2.05) is 17.5 Å². The Labute approximate surface area is 197 Å². The number of nitrogens with two attached hydrogens (primary N) is 1. The second-order valence-corrected chi connectivity index (χ2v) is 8.67. The summed E-state index contributed by atoms with van der Waals surface area (Å²) in [6, 6.07) is 8.40. The first-order chi connectivity index (χ1) is 16.4. The zero-order chi connectivity index (χ0) is 23.9. The fourth-order valence-corrected chi connectivity index (χ4v) is 4.56. The minimum absolute atomic E-state index is 0.125. The van der Waals surface area contributed by atoms with Crippen molar-refractivity contribution >= 4 is 50.8 Å². The molecule has 5 rings (SSSR count). The maximum atomic E-state index is 13.3. The van der Waals surface area contributed by atoms with Crippen LogP contribution in [0.2, 0.25) is 0 Å². The number of hydrogen-bond donors (Lipinski definition) is 3. The van der Waals surface area contributed by atoms with Gasteiger partial charge in [-0.3, -0.25) is 19.5 Å². The molecule has 1 aromatic carbocycles. The number of aromatic nitrogens is 3. The minimum Gasteiger partial charge on any atom is -0.380 e. The molecule has 3 aromatic heterocycles. The maximum absolute atomic E-state index is 13.3. The highest BCUT2D eigenvalue weighted by Crippen LogP contribution is 2.33. The Morgan fingerprint density at radius 2 is 2.12 bits per heavy atom. The van der Waals surface area contributed by atoms with Crippen LogP contribution in [0.5, 0.6) is 0 Å². The van der Waals surface area contributed by atoms with E-state index in [-0.39, 0.29) is 19.0 Å². The Balaban J connectivity index is 1.34. The van der Waals surface area contributed by atoms with Crippen LogP contribution in [0.3, 0.4) is 0 Å².